The van der Waals surface area contributed by atoms with Gasteiger partial charge in [-0.25, -0.2) is 0 Å². The standard InChI is InChI=1S/C8H18O.2C2H6/c1-4-6-7(3)8(9)5-2;2*1-2/h7-9H,4-6H2,1-3H3;2*1-2H3. The molecule has 0 spiro atoms. The van der Waals surface area contributed by atoms with Crippen LogP contribution in [0.1, 0.15) is 67.7 Å². The highest BCUT2D eigenvalue weighted by molar-refractivity contribution is 4.60. The minimum absolute atomic E-state index is 0.0788. The lowest BCUT2D eigenvalue weighted by molar-refractivity contribution is 0.107. The highest BCUT2D eigenvalue weighted by Gasteiger charge is 2.09. The lowest BCUT2D eigenvalue weighted by Gasteiger charge is -2.15. The zero-order valence-corrected chi connectivity index (χ0v) is 10.7. The largest absolute Gasteiger partial charge is 0.393 e. The Morgan fingerprint density at radius 1 is 1.00 bits per heavy atom. The highest BCUT2D eigenvalue weighted by atomic mass is 16.3. The molecule has 1 heteroatoms. The number of hydrogen-bond acceptors (Lipinski definition) is 1. The molecule has 0 rings (SSSR count). The van der Waals surface area contributed by atoms with Crippen molar-refractivity contribution in [3.63, 3.8) is 0 Å². The van der Waals surface area contributed by atoms with Crippen molar-refractivity contribution in [1.29, 1.82) is 0 Å². The van der Waals surface area contributed by atoms with Crippen LogP contribution in [0.3, 0.4) is 0 Å². The van der Waals surface area contributed by atoms with Crippen LogP contribution in [0.2, 0.25) is 0 Å². The second kappa shape index (κ2) is 17.9. The van der Waals surface area contributed by atoms with E-state index in [0.29, 0.717) is 5.92 Å². The quantitative estimate of drug-likeness (QED) is 0.703. The summed E-state index contributed by atoms with van der Waals surface area (Å²) in [4.78, 5) is 0. The molecule has 84 valence electrons. The summed E-state index contributed by atoms with van der Waals surface area (Å²) in [7, 11) is 0. The average Bonchev–Trinajstić information content (AvgIpc) is 2.23. The lowest BCUT2D eigenvalue weighted by Crippen LogP contribution is -2.15. The first-order valence-electron chi connectivity index (χ1n) is 5.90. The van der Waals surface area contributed by atoms with Crippen LogP contribution in [-0.2, 0) is 0 Å². The molecule has 13 heavy (non-hydrogen) atoms. The monoisotopic (exact) mass is 190 g/mol. The van der Waals surface area contributed by atoms with Crippen LogP contribution in [0.5, 0.6) is 0 Å². The SMILES string of the molecule is CC.CC.CCCC(C)C(O)CC. The average molecular weight is 190 g/mol. The molecule has 0 heterocycles. The first-order valence-corrected chi connectivity index (χ1v) is 5.90. The first kappa shape index (κ1) is 18.7. The molecule has 0 radical (unpaired) electrons. The van der Waals surface area contributed by atoms with Crippen molar-refractivity contribution < 1.29 is 5.11 Å². The summed E-state index contributed by atoms with van der Waals surface area (Å²) in [6.07, 6.45) is 3.14. The van der Waals surface area contributed by atoms with Gasteiger partial charge in [0.15, 0.2) is 0 Å². The van der Waals surface area contributed by atoms with Gasteiger partial charge in [0.2, 0.25) is 0 Å². The number of aliphatic hydroxyl groups is 1. The molecule has 0 aliphatic carbocycles. The van der Waals surface area contributed by atoms with E-state index < -0.39 is 0 Å². The molecule has 0 aromatic rings. The Morgan fingerprint density at radius 2 is 1.38 bits per heavy atom. The van der Waals surface area contributed by atoms with E-state index in [2.05, 4.69) is 13.8 Å². The van der Waals surface area contributed by atoms with Crippen molar-refractivity contribution in [2.24, 2.45) is 5.92 Å². The van der Waals surface area contributed by atoms with Gasteiger partial charge in [-0.15, -0.1) is 0 Å². The molecular weight excluding hydrogens is 160 g/mol. The summed E-state index contributed by atoms with van der Waals surface area (Å²) in [6.45, 7) is 14.3. The van der Waals surface area contributed by atoms with Crippen LogP contribution < -0.4 is 0 Å². The number of rotatable bonds is 4. The molecule has 0 aliphatic rings. The molecule has 0 aromatic heterocycles. The molecule has 0 amide bonds. The van der Waals surface area contributed by atoms with Gasteiger partial charge >= 0.3 is 0 Å². The molecule has 1 nitrogen and oxygen atoms in total. The molecule has 0 fully saturated rings. The minimum Gasteiger partial charge on any atom is -0.393 e. The molecule has 2 unspecified atom stereocenters. The van der Waals surface area contributed by atoms with E-state index in [0.717, 1.165) is 12.8 Å². The van der Waals surface area contributed by atoms with E-state index >= 15 is 0 Å². The van der Waals surface area contributed by atoms with Crippen LogP contribution in [0.25, 0.3) is 0 Å². The van der Waals surface area contributed by atoms with E-state index in [1.54, 1.807) is 0 Å². The Kier molecular flexibility index (Phi) is 25.7. The smallest absolute Gasteiger partial charge is 0.0563 e. The van der Waals surface area contributed by atoms with Crippen LogP contribution in [0, 0.1) is 5.92 Å². The van der Waals surface area contributed by atoms with Crippen LogP contribution in [-0.4, -0.2) is 11.2 Å². The fourth-order valence-electron chi connectivity index (χ4n) is 1.05. The summed E-state index contributed by atoms with van der Waals surface area (Å²) in [5, 5.41) is 9.26. The molecule has 0 aromatic carbocycles. The second-order valence-electron chi connectivity index (χ2n) is 2.74. The molecule has 1 N–H and O–H groups in total. The third-order valence-corrected chi connectivity index (χ3v) is 1.82. The zero-order chi connectivity index (χ0) is 11.3. The normalized spacial score (nSPS) is 12.9. The third-order valence-electron chi connectivity index (χ3n) is 1.82. The Balaban J connectivity index is -0.000000218. The van der Waals surface area contributed by atoms with Crippen molar-refractivity contribution in [1.82, 2.24) is 0 Å². The minimum atomic E-state index is -0.0788. The van der Waals surface area contributed by atoms with Gasteiger partial charge in [-0.3, -0.25) is 0 Å². The van der Waals surface area contributed by atoms with E-state index in [4.69, 9.17) is 0 Å². The van der Waals surface area contributed by atoms with Gasteiger partial charge in [0.1, 0.15) is 0 Å². The van der Waals surface area contributed by atoms with Crippen molar-refractivity contribution >= 4 is 0 Å². The maximum Gasteiger partial charge on any atom is 0.0563 e. The van der Waals surface area contributed by atoms with Crippen LogP contribution >= 0.6 is 0 Å². The molecule has 0 bridgehead atoms. The van der Waals surface area contributed by atoms with Gasteiger partial charge in [-0.05, 0) is 18.8 Å². The van der Waals surface area contributed by atoms with Gasteiger partial charge in [-0.1, -0.05) is 54.9 Å². The van der Waals surface area contributed by atoms with Crippen molar-refractivity contribution in [3.8, 4) is 0 Å². The van der Waals surface area contributed by atoms with Gasteiger partial charge < -0.3 is 5.11 Å². The molecule has 0 saturated carbocycles. The first-order chi connectivity index (χ1) is 6.22. The molecule has 0 aliphatic heterocycles. The summed E-state index contributed by atoms with van der Waals surface area (Å²) in [5.41, 5.74) is 0. The van der Waals surface area contributed by atoms with E-state index in [1.165, 1.54) is 6.42 Å². The Morgan fingerprint density at radius 3 is 1.62 bits per heavy atom. The second-order valence-corrected chi connectivity index (χ2v) is 2.74. The van der Waals surface area contributed by atoms with Crippen LogP contribution in [0.15, 0.2) is 0 Å². The lowest BCUT2D eigenvalue weighted by atomic mass is 9.98. The van der Waals surface area contributed by atoms with Gasteiger partial charge in [0.25, 0.3) is 0 Å². The fourth-order valence-corrected chi connectivity index (χ4v) is 1.05. The summed E-state index contributed by atoms with van der Waals surface area (Å²) in [5.74, 6) is 0.486. The van der Waals surface area contributed by atoms with E-state index in [1.807, 2.05) is 34.6 Å². The Bertz CT molecular complexity index is 62.1. The maximum absolute atomic E-state index is 9.26. The Hall–Kier alpha value is -0.0400. The summed E-state index contributed by atoms with van der Waals surface area (Å²) < 4.78 is 0. The Labute approximate surface area is 85.6 Å². The molecule has 2 atom stereocenters. The van der Waals surface area contributed by atoms with Gasteiger partial charge in [0, 0.05) is 0 Å². The third kappa shape index (κ3) is 14.8. The highest BCUT2D eigenvalue weighted by Crippen LogP contribution is 2.12. The fraction of sp³-hybridized carbons (Fsp3) is 1.00. The predicted octanol–water partition coefficient (Wildman–Crippen LogP) is 4.25. The van der Waals surface area contributed by atoms with Crippen LogP contribution in [0.4, 0.5) is 0 Å². The van der Waals surface area contributed by atoms with Gasteiger partial charge in [-0.2, -0.15) is 0 Å². The van der Waals surface area contributed by atoms with Crippen molar-refractivity contribution in [2.75, 3.05) is 0 Å². The van der Waals surface area contributed by atoms with Crippen molar-refractivity contribution in [3.05, 3.63) is 0 Å². The molecule has 0 saturated heterocycles. The summed E-state index contributed by atoms with van der Waals surface area (Å²) >= 11 is 0. The number of aliphatic hydroxyl groups excluding tert-OH is 1. The van der Waals surface area contributed by atoms with E-state index in [-0.39, 0.29) is 6.10 Å². The summed E-state index contributed by atoms with van der Waals surface area (Å²) in [6, 6.07) is 0. The number of hydrogen-bond donors (Lipinski definition) is 1. The molecular formula is C12H30O. The van der Waals surface area contributed by atoms with Crippen molar-refractivity contribution in [2.45, 2.75) is 73.8 Å². The maximum atomic E-state index is 9.26. The topological polar surface area (TPSA) is 20.2 Å². The van der Waals surface area contributed by atoms with E-state index in [9.17, 15) is 5.11 Å². The predicted molar refractivity (Wildman–Crippen MR) is 63.1 cm³/mol. The van der Waals surface area contributed by atoms with Gasteiger partial charge in [0.05, 0.1) is 6.10 Å². The zero-order valence-electron chi connectivity index (χ0n) is 10.7.